The summed E-state index contributed by atoms with van der Waals surface area (Å²) in [5.74, 6) is -0.804. The van der Waals surface area contributed by atoms with E-state index in [4.69, 9.17) is 4.74 Å². The molecule has 2 heterocycles. The van der Waals surface area contributed by atoms with Crippen molar-refractivity contribution in [2.45, 2.75) is 39.0 Å². The number of carbonyl (C=O) groups excluding carboxylic acids is 1. The fourth-order valence-electron chi connectivity index (χ4n) is 3.51. The monoisotopic (exact) mass is 386 g/mol. The number of anilines is 1. The van der Waals surface area contributed by atoms with Gasteiger partial charge in [-0.1, -0.05) is 25.5 Å². The second-order valence-corrected chi connectivity index (χ2v) is 7.43. The smallest absolute Gasteiger partial charge is 0.336 e. The van der Waals surface area contributed by atoms with Crippen molar-refractivity contribution in [2.75, 3.05) is 12.4 Å². The molecule has 1 aliphatic heterocycles. The fourth-order valence-corrected chi connectivity index (χ4v) is 4.60. The quantitative estimate of drug-likeness (QED) is 0.429. The van der Waals surface area contributed by atoms with Gasteiger partial charge in [-0.2, -0.15) is 0 Å². The highest BCUT2D eigenvalue weighted by Gasteiger charge is 2.36. The lowest BCUT2D eigenvalue weighted by atomic mass is 9.80. The van der Waals surface area contributed by atoms with Gasteiger partial charge in [-0.25, -0.2) is 4.79 Å². The molecular weight excluding hydrogens is 364 g/mol. The molecule has 0 amide bonds. The standard InChI is InChI=1S/C20H22N2O4S/c1-4-5-7-14-11-27-19-18(14)17(16(12(2)21-19)20(23)26-3)13-8-6-9-15(10-13)22(24)25/h6,8-11,17,21H,4-5,7H2,1-3H3. The summed E-state index contributed by atoms with van der Waals surface area (Å²) in [6.45, 7) is 3.98. The van der Waals surface area contributed by atoms with E-state index in [1.807, 2.05) is 13.0 Å². The van der Waals surface area contributed by atoms with Gasteiger partial charge in [0, 0.05) is 29.3 Å². The maximum Gasteiger partial charge on any atom is 0.336 e. The molecule has 142 valence electrons. The maximum absolute atomic E-state index is 12.6. The molecule has 1 atom stereocenters. The lowest BCUT2D eigenvalue weighted by Gasteiger charge is -2.28. The SMILES string of the molecule is CCCCc1csc2c1C(c1cccc([N+](=O)[O-])c1)C(C(=O)OC)=C(C)N2. The number of ether oxygens (including phenoxy) is 1. The Morgan fingerprint density at radius 3 is 2.85 bits per heavy atom. The molecule has 0 saturated heterocycles. The minimum Gasteiger partial charge on any atom is -0.466 e. The first-order valence-electron chi connectivity index (χ1n) is 8.88. The van der Waals surface area contributed by atoms with Crippen LogP contribution < -0.4 is 5.32 Å². The van der Waals surface area contributed by atoms with Crippen molar-refractivity contribution >= 4 is 28.0 Å². The van der Waals surface area contributed by atoms with E-state index < -0.39 is 10.9 Å². The first-order valence-corrected chi connectivity index (χ1v) is 9.76. The van der Waals surface area contributed by atoms with Crippen molar-refractivity contribution in [3.8, 4) is 0 Å². The van der Waals surface area contributed by atoms with Crippen LogP contribution in [0.25, 0.3) is 0 Å². The number of allylic oxidation sites excluding steroid dienone is 1. The molecule has 1 unspecified atom stereocenters. The number of non-ortho nitro benzene ring substituents is 1. The number of methoxy groups -OCH3 is 1. The highest BCUT2D eigenvalue weighted by molar-refractivity contribution is 7.14. The number of esters is 1. The lowest BCUT2D eigenvalue weighted by Crippen LogP contribution is -2.23. The predicted octanol–water partition coefficient (Wildman–Crippen LogP) is 5.00. The third-order valence-corrected chi connectivity index (χ3v) is 5.77. The summed E-state index contributed by atoms with van der Waals surface area (Å²) in [4.78, 5) is 23.4. The molecule has 2 aromatic rings. The van der Waals surface area contributed by atoms with Crippen molar-refractivity contribution < 1.29 is 14.5 Å². The average Bonchev–Trinajstić information content (AvgIpc) is 3.06. The zero-order valence-corrected chi connectivity index (χ0v) is 16.4. The zero-order chi connectivity index (χ0) is 19.6. The molecule has 1 aromatic heterocycles. The van der Waals surface area contributed by atoms with Gasteiger partial charge in [0.1, 0.15) is 0 Å². The Balaban J connectivity index is 2.20. The second-order valence-electron chi connectivity index (χ2n) is 6.55. The predicted molar refractivity (Wildman–Crippen MR) is 106 cm³/mol. The topological polar surface area (TPSA) is 81.5 Å². The number of benzene rings is 1. The van der Waals surface area contributed by atoms with Crippen LogP contribution in [0.2, 0.25) is 0 Å². The van der Waals surface area contributed by atoms with E-state index in [0.717, 1.165) is 41.1 Å². The van der Waals surface area contributed by atoms with Crippen LogP contribution >= 0.6 is 11.3 Å². The number of nitrogens with zero attached hydrogens (tertiary/aromatic N) is 1. The van der Waals surface area contributed by atoms with Gasteiger partial charge in [-0.15, -0.1) is 11.3 Å². The van der Waals surface area contributed by atoms with E-state index in [9.17, 15) is 14.9 Å². The first kappa shape index (κ1) is 19.1. The minimum atomic E-state index is -0.421. The van der Waals surface area contributed by atoms with E-state index >= 15 is 0 Å². The van der Waals surface area contributed by atoms with Crippen molar-refractivity contribution in [3.05, 3.63) is 67.7 Å². The molecule has 6 nitrogen and oxygen atoms in total. The molecule has 0 radical (unpaired) electrons. The molecule has 1 aliphatic rings. The summed E-state index contributed by atoms with van der Waals surface area (Å²) in [6.07, 6.45) is 3.02. The number of hydrogen-bond donors (Lipinski definition) is 1. The van der Waals surface area contributed by atoms with Crippen LogP contribution in [0.1, 0.15) is 49.3 Å². The van der Waals surface area contributed by atoms with E-state index in [-0.39, 0.29) is 11.6 Å². The number of nitro groups is 1. The second kappa shape index (κ2) is 7.92. The fraction of sp³-hybridized carbons (Fsp3) is 0.350. The van der Waals surface area contributed by atoms with Gasteiger partial charge in [-0.05, 0) is 36.3 Å². The van der Waals surface area contributed by atoms with E-state index in [1.54, 1.807) is 23.5 Å². The van der Waals surface area contributed by atoms with Crippen LogP contribution in [-0.2, 0) is 16.0 Å². The zero-order valence-electron chi connectivity index (χ0n) is 15.6. The number of unbranched alkanes of at least 4 members (excludes halogenated alkanes) is 1. The molecule has 0 bridgehead atoms. The summed E-state index contributed by atoms with van der Waals surface area (Å²) in [6, 6.07) is 6.52. The Bertz CT molecular complexity index is 916. The summed E-state index contributed by atoms with van der Waals surface area (Å²) < 4.78 is 5.03. The van der Waals surface area contributed by atoms with Crippen LogP contribution in [0, 0.1) is 10.1 Å². The van der Waals surface area contributed by atoms with Crippen LogP contribution in [0.5, 0.6) is 0 Å². The van der Waals surface area contributed by atoms with Gasteiger partial charge in [-0.3, -0.25) is 10.1 Å². The summed E-state index contributed by atoms with van der Waals surface area (Å²) in [5.41, 5.74) is 4.16. The largest absolute Gasteiger partial charge is 0.466 e. The Morgan fingerprint density at radius 1 is 1.41 bits per heavy atom. The minimum absolute atomic E-state index is 0.0137. The van der Waals surface area contributed by atoms with Gasteiger partial charge in [0.25, 0.3) is 5.69 Å². The van der Waals surface area contributed by atoms with Crippen molar-refractivity contribution in [1.82, 2.24) is 0 Å². The number of aryl methyl sites for hydroxylation is 1. The van der Waals surface area contributed by atoms with Crippen LogP contribution in [0.3, 0.4) is 0 Å². The van der Waals surface area contributed by atoms with Gasteiger partial charge < -0.3 is 10.1 Å². The summed E-state index contributed by atoms with van der Waals surface area (Å²) in [5, 5.41) is 17.7. The van der Waals surface area contributed by atoms with E-state index in [0.29, 0.717) is 5.57 Å². The molecule has 1 N–H and O–H groups in total. The number of hydrogen-bond acceptors (Lipinski definition) is 6. The molecule has 0 aliphatic carbocycles. The molecule has 0 spiro atoms. The van der Waals surface area contributed by atoms with Gasteiger partial charge >= 0.3 is 5.97 Å². The van der Waals surface area contributed by atoms with Crippen molar-refractivity contribution in [3.63, 3.8) is 0 Å². The van der Waals surface area contributed by atoms with Gasteiger partial charge in [0.05, 0.1) is 22.6 Å². The number of fused-ring (bicyclic) bond motifs is 1. The number of thiophene rings is 1. The Labute approximate surface area is 162 Å². The molecule has 0 saturated carbocycles. The number of rotatable bonds is 6. The van der Waals surface area contributed by atoms with Gasteiger partial charge in [0.2, 0.25) is 0 Å². The molecular formula is C20H22N2O4S. The number of carbonyl (C=O) groups is 1. The molecule has 7 heteroatoms. The van der Waals surface area contributed by atoms with Crippen molar-refractivity contribution in [1.29, 1.82) is 0 Å². The van der Waals surface area contributed by atoms with Crippen LogP contribution in [0.4, 0.5) is 10.7 Å². The average molecular weight is 386 g/mol. The Hall–Kier alpha value is -2.67. The van der Waals surface area contributed by atoms with E-state index in [2.05, 4.69) is 17.6 Å². The van der Waals surface area contributed by atoms with E-state index in [1.165, 1.54) is 18.7 Å². The highest BCUT2D eigenvalue weighted by atomic mass is 32.1. The summed E-state index contributed by atoms with van der Waals surface area (Å²) in [7, 11) is 1.36. The third-order valence-electron chi connectivity index (χ3n) is 4.81. The molecule has 3 rings (SSSR count). The first-order chi connectivity index (χ1) is 13.0. The normalized spacial score (nSPS) is 15.9. The lowest BCUT2D eigenvalue weighted by molar-refractivity contribution is -0.384. The Kier molecular flexibility index (Phi) is 5.60. The molecule has 27 heavy (non-hydrogen) atoms. The van der Waals surface area contributed by atoms with Gasteiger partial charge in [0.15, 0.2) is 0 Å². The Morgan fingerprint density at radius 2 is 2.19 bits per heavy atom. The maximum atomic E-state index is 12.6. The van der Waals surface area contributed by atoms with Crippen LogP contribution in [-0.4, -0.2) is 18.0 Å². The third kappa shape index (κ3) is 3.60. The van der Waals surface area contributed by atoms with Crippen molar-refractivity contribution in [2.24, 2.45) is 0 Å². The molecule has 1 aromatic carbocycles. The number of nitro benzene ring substituents is 1. The molecule has 0 fully saturated rings. The highest BCUT2D eigenvalue weighted by Crippen LogP contribution is 2.47. The summed E-state index contributed by atoms with van der Waals surface area (Å²) >= 11 is 1.61. The van der Waals surface area contributed by atoms with Crippen LogP contribution in [0.15, 0.2) is 40.9 Å². The number of nitrogens with one attached hydrogen (secondary N) is 1.